The molecule has 8 aromatic carbocycles. The Kier molecular flexibility index (Phi) is 7.10. The Labute approximate surface area is 300 Å². The third-order valence-electron chi connectivity index (χ3n) is 9.84. The Morgan fingerprint density at radius 2 is 0.942 bits per heavy atom. The lowest BCUT2D eigenvalue weighted by molar-refractivity contribution is 0.669. The zero-order chi connectivity index (χ0) is 34.4. The van der Waals surface area contributed by atoms with Crippen molar-refractivity contribution in [1.29, 1.82) is 0 Å². The standard InChI is InChI=1S/C48H31N3O/c1-4-12-34(13-5-1)46-47(35-14-6-2-7-15-35)50-48-42-30-36(21-20-33(42)24-29-43(48)49-46)32-22-25-38(26-23-32)51(37-16-8-3-9-17-37)39-27-28-41-40-18-10-11-19-44(40)52-45(41)31-39/h1-31H. The molecule has 244 valence electrons. The average Bonchev–Trinajstić information content (AvgIpc) is 3.59. The lowest BCUT2D eigenvalue weighted by Gasteiger charge is -2.25. The first kappa shape index (κ1) is 29.8. The lowest BCUT2D eigenvalue weighted by atomic mass is 9.99. The van der Waals surface area contributed by atoms with Crippen LogP contribution in [0.3, 0.4) is 0 Å². The summed E-state index contributed by atoms with van der Waals surface area (Å²) in [6.45, 7) is 0. The summed E-state index contributed by atoms with van der Waals surface area (Å²) in [6, 6.07) is 65.5. The van der Waals surface area contributed by atoms with Crippen molar-refractivity contribution in [2.45, 2.75) is 0 Å². The number of furan rings is 1. The minimum Gasteiger partial charge on any atom is -0.456 e. The van der Waals surface area contributed by atoms with Crippen LogP contribution in [0.25, 0.3) is 77.4 Å². The van der Waals surface area contributed by atoms with Crippen LogP contribution in [0.5, 0.6) is 0 Å². The van der Waals surface area contributed by atoms with Gasteiger partial charge in [-0.2, -0.15) is 0 Å². The van der Waals surface area contributed by atoms with E-state index in [1.165, 1.54) is 0 Å². The van der Waals surface area contributed by atoms with E-state index in [0.29, 0.717) is 0 Å². The highest BCUT2D eigenvalue weighted by Gasteiger charge is 2.17. The van der Waals surface area contributed by atoms with Gasteiger partial charge < -0.3 is 9.32 Å². The summed E-state index contributed by atoms with van der Waals surface area (Å²) < 4.78 is 6.28. The highest BCUT2D eigenvalue weighted by Crippen LogP contribution is 2.40. The summed E-state index contributed by atoms with van der Waals surface area (Å²) in [5.41, 5.74) is 12.8. The fourth-order valence-electron chi connectivity index (χ4n) is 7.29. The Morgan fingerprint density at radius 3 is 1.69 bits per heavy atom. The number of aromatic nitrogens is 2. The summed E-state index contributed by atoms with van der Waals surface area (Å²) >= 11 is 0. The molecule has 0 atom stereocenters. The number of para-hydroxylation sites is 2. The molecule has 2 heterocycles. The summed E-state index contributed by atoms with van der Waals surface area (Å²) in [7, 11) is 0. The van der Waals surface area contributed by atoms with E-state index in [0.717, 1.165) is 94.4 Å². The number of hydrogen-bond acceptors (Lipinski definition) is 4. The topological polar surface area (TPSA) is 42.2 Å². The van der Waals surface area contributed by atoms with Crippen molar-refractivity contribution in [3.63, 3.8) is 0 Å². The van der Waals surface area contributed by atoms with Crippen LogP contribution in [0.4, 0.5) is 17.1 Å². The largest absolute Gasteiger partial charge is 0.456 e. The molecule has 4 heteroatoms. The summed E-state index contributed by atoms with van der Waals surface area (Å²) in [5.74, 6) is 0. The molecule has 0 amide bonds. The minimum atomic E-state index is 0.869. The Balaban J connectivity index is 1.07. The summed E-state index contributed by atoms with van der Waals surface area (Å²) in [6.07, 6.45) is 0. The van der Waals surface area contributed by atoms with E-state index in [2.05, 4.69) is 150 Å². The quantitative estimate of drug-likeness (QED) is 0.166. The Hall–Kier alpha value is -7.04. The van der Waals surface area contributed by atoms with Gasteiger partial charge in [-0.15, -0.1) is 0 Å². The van der Waals surface area contributed by atoms with Crippen molar-refractivity contribution in [3.8, 4) is 33.6 Å². The molecule has 0 bridgehead atoms. The van der Waals surface area contributed by atoms with Gasteiger partial charge in [-0.25, -0.2) is 9.97 Å². The molecule has 0 fully saturated rings. The van der Waals surface area contributed by atoms with Gasteiger partial charge in [0, 0.05) is 50.4 Å². The minimum absolute atomic E-state index is 0.869. The molecule has 0 N–H and O–H groups in total. The van der Waals surface area contributed by atoms with Gasteiger partial charge in [-0.05, 0) is 71.1 Å². The van der Waals surface area contributed by atoms with Crippen LogP contribution in [-0.2, 0) is 0 Å². The zero-order valence-corrected chi connectivity index (χ0v) is 28.1. The average molecular weight is 666 g/mol. The van der Waals surface area contributed by atoms with E-state index in [4.69, 9.17) is 14.4 Å². The fourth-order valence-corrected chi connectivity index (χ4v) is 7.29. The summed E-state index contributed by atoms with van der Waals surface area (Å²) in [5, 5.41) is 4.45. The van der Waals surface area contributed by atoms with E-state index >= 15 is 0 Å². The third kappa shape index (κ3) is 5.17. The van der Waals surface area contributed by atoms with Gasteiger partial charge >= 0.3 is 0 Å². The van der Waals surface area contributed by atoms with Crippen LogP contribution >= 0.6 is 0 Å². The van der Waals surface area contributed by atoms with Gasteiger partial charge in [0.1, 0.15) is 11.2 Å². The maximum Gasteiger partial charge on any atom is 0.137 e. The van der Waals surface area contributed by atoms with Gasteiger partial charge in [0.05, 0.1) is 22.4 Å². The van der Waals surface area contributed by atoms with Crippen LogP contribution in [0.15, 0.2) is 192 Å². The number of benzene rings is 8. The van der Waals surface area contributed by atoms with E-state index in [1.807, 2.05) is 42.5 Å². The highest BCUT2D eigenvalue weighted by molar-refractivity contribution is 6.07. The highest BCUT2D eigenvalue weighted by atomic mass is 16.3. The van der Waals surface area contributed by atoms with Crippen molar-refractivity contribution < 1.29 is 4.42 Å². The second-order valence-electron chi connectivity index (χ2n) is 13.0. The van der Waals surface area contributed by atoms with Crippen LogP contribution in [0, 0.1) is 0 Å². The van der Waals surface area contributed by atoms with Gasteiger partial charge in [0.2, 0.25) is 0 Å². The summed E-state index contributed by atoms with van der Waals surface area (Å²) in [4.78, 5) is 12.8. The number of nitrogens with zero attached hydrogens (tertiary/aromatic N) is 3. The van der Waals surface area contributed by atoms with Crippen molar-refractivity contribution >= 4 is 60.8 Å². The predicted molar refractivity (Wildman–Crippen MR) is 215 cm³/mol. The van der Waals surface area contributed by atoms with E-state index in [9.17, 15) is 0 Å². The molecule has 10 aromatic rings. The molecule has 52 heavy (non-hydrogen) atoms. The lowest BCUT2D eigenvalue weighted by Crippen LogP contribution is -2.09. The second-order valence-corrected chi connectivity index (χ2v) is 13.0. The maximum absolute atomic E-state index is 6.28. The third-order valence-corrected chi connectivity index (χ3v) is 9.84. The fraction of sp³-hybridized carbons (Fsp3) is 0. The molecule has 0 aliphatic rings. The molecule has 0 aliphatic carbocycles. The van der Waals surface area contributed by atoms with Crippen LogP contribution in [0.2, 0.25) is 0 Å². The normalized spacial score (nSPS) is 11.5. The first-order chi connectivity index (χ1) is 25.8. The maximum atomic E-state index is 6.28. The van der Waals surface area contributed by atoms with Crippen LogP contribution in [-0.4, -0.2) is 9.97 Å². The molecular weight excluding hydrogens is 635 g/mol. The van der Waals surface area contributed by atoms with E-state index < -0.39 is 0 Å². The van der Waals surface area contributed by atoms with E-state index in [1.54, 1.807) is 0 Å². The van der Waals surface area contributed by atoms with Crippen molar-refractivity contribution in [3.05, 3.63) is 188 Å². The van der Waals surface area contributed by atoms with Gasteiger partial charge in [0.15, 0.2) is 0 Å². The van der Waals surface area contributed by atoms with Gasteiger partial charge in [-0.1, -0.05) is 127 Å². The smallest absolute Gasteiger partial charge is 0.137 e. The Bertz CT molecular complexity index is 2880. The molecule has 2 aromatic heterocycles. The molecule has 4 nitrogen and oxygen atoms in total. The second kappa shape index (κ2) is 12.4. The number of hydrogen-bond donors (Lipinski definition) is 0. The number of rotatable bonds is 6. The zero-order valence-electron chi connectivity index (χ0n) is 28.1. The number of fused-ring (bicyclic) bond motifs is 6. The van der Waals surface area contributed by atoms with Crippen molar-refractivity contribution in [2.24, 2.45) is 0 Å². The molecule has 0 aliphatic heterocycles. The first-order valence-corrected chi connectivity index (χ1v) is 17.5. The number of anilines is 3. The first-order valence-electron chi connectivity index (χ1n) is 17.5. The molecule has 0 unspecified atom stereocenters. The predicted octanol–water partition coefficient (Wildman–Crippen LogP) is 13.2. The van der Waals surface area contributed by atoms with Gasteiger partial charge in [0.25, 0.3) is 0 Å². The molecular formula is C48H31N3O. The molecule has 0 spiro atoms. The van der Waals surface area contributed by atoms with E-state index in [-0.39, 0.29) is 0 Å². The van der Waals surface area contributed by atoms with Crippen LogP contribution in [0.1, 0.15) is 0 Å². The molecule has 10 rings (SSSR count). The monoisotopic (exact) mass is 665 g/mol. The van der Waals surface area contributed by atoms with Crippen LogP contribution < -0.4 is 4.90 Å². The van der Waals surface area contributed by atoms with Gasteiger partial charge in [-0.3, -0.25) is 0 Å². The van der Waals surface area contributed by atoms with Crippen molar-refractivity contribution in [2.75, 3.05) is 4.90 Å². The van der Waals surface area contributed by atoms with Crippen molar-refractivity contribution in [1.82, 2.24) is 9.97 Å². The molecule has 0 radical (unpaired) electrons. The Morgan fingerprint density at radius 1 is 0.365 bits per heavy atom. The molecule has 0 saturated carbocycles. The SMILES string of the molecule is c1ccc(-c2nc3ccc4ccc(-c5ccc(N(c6ccccc6)c6ccc7c(c6)oc6ccccc67)cc5)cc4c3nc2-c2ccccc2)cc1. The molecule has 0 saturated heterocycles.